The largest absolute Gasteiger partial charge is 0.370 e. The molecule has 0 radical (unpaired) electrons. The Balaban J connectivity index is 4.09. The Morgan fingerprint density at radius 1 is 1.40 bits per heavy atom. The molecule has 7 heteroatoms. The average molecular weight is 236 g/mol. The van der Waals surface area contributed by atoms with Gasteiger partial charge in [0.05, 0.1) is 12.3 Å². The summed E-state index contributed by atoms with van der Waals surface area (Å²) >= 11 is 0. The second kappa shape index (κ2) is 5.32. The summed E-state index contributed by atoms with van der Waals surface area (Å²) in [6.07, 6.45) is 0. The summed E-state index contributed by atoms with van der Waals surface area (Å²) in [5.74, 6) is 0.199. The Hall–Kier alpha value is -0.820. The minimum absolute atomic E-state index is 0.0595. The van der Waals surface area contributed by atoms with E-state index in [-0.39, 0.29) is 23.8 Å². The van der Waals surface area contributed by atoms with Crippen LogP contribution in [-0.2, 0) is 10.0 Å². The zero-order chi connectivity index (χ0) is 12.1. The molecule has 15 heavy (non-hydrogen) atoms. The second-order valence-electron chi connectivity index (χ2n) is 4.16. The first-order chi connectivity index (χ1) is 6.66. The van der Waals surface area contributed by atoms with Gasteiger partial charge in [0.25, 0.3) is 0 Å². The molecule has 0 bridgehead atoms. The van der Waals surface area contributed by atoms with Crippen molar-refractivity contribution in [3.8, 4) is 0 Å². The second-order valence-corrected chi connectivity index (χ2v) is 6.21. The number of hydrogen-bond donors (Lipinski definition) is 3. The van der Waals surface area contributed by atoms with E-state index in [1.165, 1.54) is 7.05 Å². The fourth-order valence-corrected chi connectivity index (χ4v) is 1.35. The van der Waals surface area contributed by atoms with Crippen LogP contribution in [0.2, 0.25) is 0 Å². The van der Waals surface area contributed by atoms with Gasteiger partial charge in [0.15, 0.2) is 5.96 Å². The summed E-state index contributed by atoms with van der Waals surface area (Å²) in [7, 11) is -1.83. The smallest absolute Gasteiger partial charge is 0.213 e. The van der Waals surface area contributed by atoms with Crippen LogP contribution >= 0.6 is 0 Å². The molecule has 0 heterocycles. The van der Waals surface area contributed by atoms with Crippen molar-refractivity contribution in [3.05, 3.63) is 0 Å². The van der Waals surface area contributed by atoms with E-state index in [1.54, 1.807) is 0 Å². The van der Waals surface area contributed by atoms with Crippen molar-refractivity contribution < 1.29 is 8.42 Å². The van der Waals surface area contributed by atoms with Crippen molar-refractivity contribution in [1.29, 1.82) is 0 Å². The summed E-state index contributed by atoms with van der Waals surface area (Å²) in [4.78, 5) is 3.91. The molecule has 6 nitrogen and oxygen atoms in total. The molecular formula is C8H20N4O2S. The van der Waals surface area contributed by atoms with Gasteiger partial charge in [0.1, 0.15) is 0 Å². The van der Waals surface area contributed by atoms with Crippen LogP contribution in [0.5, 0.6) is 0 Å². The third-order valence-corrected chi connectivity index (χ3v) is 2.80. The summed E-state index contributed by atoms with van der Waals surface area (Å²) in [6.45, 7) is 5.98. The van der Waals surface area contributed by atoms with Gasteiger partial charge in [-0.05, 0) is 27.8 Å². The van der Waals surface area contributed by atoms with Crippen LogP contribution in [0.3, 0.4) is 0 Å². The Morgan fingerprint density at radius 3 is 2.33 bits per heavy atom. The van der Waals surface area contributed by atoms with Crippen molar-refractivity contribution in [2.45, 2.75) is 26.3 Å². The van der Waals surface area contributed by atoms with Gasteiger partial charge in [-0.2, -0.15) is 0 Å². The first kappa shape index (κ1) is 14.2. The van der Waals surface area contributed by atoms with Crippen LogP contribution in [-0.4, -0.2) is 39.3 Å². The van der Waals surface area contributed by atoms with Gasteiger partial charge in [-0.1, -0.05) is 0 Å². The van der Waals surface area contributed by atoms with Crippen LogP contribution in [0.1, 0.15) is 20.8 Å². The van der Waals surface area contributed by atoms with Gasteiger partial charge >= 0.3 is 0 Å². The summed E-state index contributed by atoms with van der Waals surface area (Å²) < 4.78 is 24.3. The molecule has 0 aliphatic carbocycles. The molecule has 90 valence electrons. The molecule has 0 saturated heterocycles. The number of aliphatic imine (C=N–C) groups is 1. The maximum atomic E-state index is 11.0. The summed E-state index contributed by atoms with van der Waals surface area (Å²) in [5.41, 5.74) is 5.38. The Kier molecular flexibility index (Phi) is 5.02. The molecule has 0 aromatic carbocycles. The number of guanidine groups is 1. The van der Waals surface area contributed by atoms with Crippen LogP contribution in [0.4, 0.5) is 0 Å². The van der Waals surface area contributed by atoms with Gasteiger partial charge in [-0.25, -0.2) is 13.1 Å². The van der Waals surface area contributed by atoms with Crippen molar-refractivity contribution >= 4 is 16.0 Å². The predicted octanol–water partition coefficient (Wildman–Crippen LogP) is -0.762. The minimum Gasteiger partial charge on any atom is -0.370 e. The lowest BCUT2D eigenvalue weighted by Crippen LogP contribution is -2.45. The predicted molar refractivity (Wildman–Crippen MR) is 62.2 cm³/mol. The standard InChI is InChI=1S/C8H20N4O2S/c1-8(2,3)12-7(9)11-5-6-15(13,14)10-4/h10H,5-6H2,1-4H3,(H3,9,11,12). The molecule has 0 saturated carbocycles. The molecular weight excluding hydrogens is 216 g/mol. The maximum Gasteiger partial charge on any atom is 0.213 e. The van der Waals surface area contributed by atoms with Crippen LogP contribution < -0.4 is 15.8 Å². The fraction of sp³-hybridized carbons (Fsp3) is 0.875. The first-order valence-corrected chi connectivity index (χ1v) is 6.31. The van der Waals surface area contributed by atoms with E-state index in [9.17, 15) is 8.42 Å². The molecule has 0 aliphatic rings. The van der Waals surface area contributed by atoms with E-state index >= 15 is 0 Å². The zero-order valence-electron chi connectivity index (χ0n) is 9.66. The average Bonchev–Trinajstić information content (AvgIpc) is 2.00. The first-order valence-electron chi connectivity index (χ1n) is 4.65. The van der Waals surface area contributed by atoms with Gasteiger partial charge in [-0.15, -0.1) is 0 Å². The molecule has 0 rings (SSSR count). The van der Waals surface area contributed by atoms with E-state index < -0.39 is 10.0 Å². The van der Waals surface area contributed by atoms with E-state index in [0.717, 1.165) is 0 Å². The normalized spacial score (nSPS) is 14.0. The molecule has 0 aromatic rings. The van der Waals surface area contributed by atoms with Gasteiger partial charge in [-0.3, -0.25) is 4.99 Å². The molecule has 0 spiro atoms. The Bertz CT molecular complexity index is 316. The van der Waals surface area contributed by atoms with E-state index in [0.29, 0.717) is 0 Å². The number of hydrogen-bond acceptors (Lipinski definition) is 3. The number of rotatable bonds is 4. The van der Waals surface area contributed by atoms with Crippen LogP contribution in [0.25, 0.3) is 0 Å². The Labute approximate surface area is 91.4 Å². The van der Waals surface area contributed by atoms with Gasteiger partial charge in [0, 0.05) is 5.54 Å². The van der Waals surface area contributed by atoms with Crippen LogP contribution in [0, 0.1) is 0 Å². The lowest BCUT2D eigenvalue weighted by molar-refractivity contribution is 0.508. The third-order valence-electron chi connectivity index (χ3n) is 1.46. The quantitative estimate of drug-likeness (QED) is 0.441. The summed E-state index contributed by atoms with van der Waals surface area (Å²) in [6, 6.07) is 0. The van der Waals surface area contributed by atoms with Crippen molar-refractivity contribution in [3.63, 3.8) is 0 Å². The monoisotopic (exact) mass is 236 g/mol. The van der Waals surface area contributed by atoms with Gasteiger partial charge < -0.3 is 11.1 Å². The van der Waals surface area contributed by atoms with E-state index in [4.69, 9.17) is 5.73 Å². The zero-order valence-corrected chi connectivity index (χ0v) is 10.5. The number of nitrogens with one attached hydrogen (secondary N) is 2. The number of sulfonamides is 1. The fourth-order valence-electron chi connectivity index (χ4n) is 0.812. The molecule has 0 amide bonds. The highest BCUT2D eigenvalue weighted by atomic mass is 32.2. The lowest BCUT2D eigenvalue weighted by atomic mass is 10.1. The minimum atomic E-state index is -3.20. The summed E-state index contributed by atoms with van der Waals surface area (Å²) in [5, 5.41) is 2.94. The van der Waals surface area contributed by atoms with E-state index in [1.807, 2.05) is 20.8 Å². The molecule has 0 unspecified atom stereocenters. The SMILES string of the molecule is CNS(=O)(=O)CCN=C(N)NC(C)(C)C. The highest BCUT2D eigenvalue weighted by molar-refractivity contribution is 7.89. The Morgan fingerprint density at radius 2 is 1.93 bits per heavy atom. The molecule has 0 atom stereocenters. The van der Waals surface area contributed by atoms with Crippen molar-refractivity contribution in [2.75, 3.05) is 19.3 Å². The highest BCUT2D eigenvalue weighted by Gasteiger charge is 2.10. The molecule has 0 aliphatic heterocycles. The third kappa shape index (κ3) is 8.19. The van der Waals surface area contributed by atoms with Crippen molar-refractivity contribution in [1.82, 2.24) is 10.0 Å². The number of nitrogens with zero attached hydrogens (tertiary/aromatic N) is 1. The van der Waals surface area contributed by atoms with E-state index in [2.05, 4.69) is 15.0 Å². The van der Waals surface area contributed by atoms with Crippen molar-refractivity contribution in [2.24, 2.45) is 10.7 Å². The number of nitrogens with two attached hydrogens (primary N) is 1. The van der Waals surface area contributed by atoms with Gasteiger partial charge in [0.2, 0.25) is 10.0 Å². The molecule has 0 aromatic heterocycles. The molecule has 0 fully saturated rings. The maximum absolute atomic E-state index is 11.0. The topological polar surface area (TPSA) is 96.6 Å². The highest BCUT2D eigenvalue weighted by Crippen LogP contribution is 1.96. The molecule has 4 N–H and O–H groups in total. The lowest BCUT2D eigenvalue weighted by Gasteiger charge is -2.20. The van der Waals surface area contributed by atoms with Crippen LogP contribution in [0.15, 0.2) is 4.99 Å².